The average Bonchev–Trinajstić information content (AvgIpc) is 3.35. The average molecular weight is 368 g/mol. The lowest BCUT2D eigenvalue weighted by Crippen LogP contribution is -2.15. The third kappa shape index (κ3) is 3.51. The van der Waals surface area contributed by atoms with Crippen molar-refractivity contribution < 1.29 is 19.0 Å². The number of H-pyrrole nitrogens is 1. The van der Waals surface area contributed by atoms with Crippen molar-refractivity contribution in [1.29, 1.82) is 0 Å². The number of rotatable bonds is 6. The summed E-state index contributed by atoms with van der Waals surface area (Å²) in [6.07, 6.45) is 5.86. The Morgan fingerprint density at radius 2 is 2.11 bits per heavy atom. The van der Waals surface area contributed by atoms with Crippen LogP contribution in [0, 0.1) is 0 Å². The molecule has 0 atom stereocenters. The van der Waals surface area contributed by atoms with Crippen molar-refractivity contribution in [2.45, 2.75) is 19.9 Å². The molecule has 1 aliphatic heterocycles. The number of imidazole rings is 1. The number of nitrogens with zero attached hydrogens (tertiary/aromatic N) is 3. The summed E-state index contributed by atoms with van der Waals surface area (Å²) in [6, 6.07) is 5.98. The molecule has 1 N–H and O–H groups in total. The number of benzene rings is 1. The molecule has 8 heteroatoms. The molecule has 8 nitrogen and oxygen atoms in total. The number of nitrogens with one attached hydrogen (secondary N) is 1. The monoisotopic (exact) mass is 368 g/mol. The van der Waals surface area contributed by atoms with Crippen molar-refractivity contribution in [3.05, 3.63) is 48.2 Å². The van der Waals surface area contributed by atoms with Crippen molar-refractivity contribution in [3.8, 4) is 22.8 Å². The molecule has 2 aromatic heterocycles. The number of ether oxygens (including phenoxy) is 3. The highest BCUT2D eigenvalue weighted by molar-refractivity contribution is 5.94. The summed E-state index contributed by atoms with van der Waals surface area (Å²) in [5.41, 5.74) is 2.95. The predicted octanol–water partition coefficient (Wildman–Crippen LogP) is 2.46. The number of esters is 1. The van der Waals surface area contributed by atoms with Gasteiger partial charge in [0.2, 0.25) is 0 Å². The molecule has 0 unspecified atom stereocenters. The number of aromatic amines is 1. The molecular weight excluding hydrogens is 348 g/mol. The van der Waals surface area contributed by atoms with Crippen molar-refractivity contribution in [2.24, 2.45) is 0 Å². The van der Waals surface area contributed by atoms with Crippen molar-refractivity contribution in [3.63, 3.8) is 0 Å². The highest BCUT2D eigenvalue weighted by atomic mass is 16.6. The Kier molecular flexibility index (Phi) is 4.78. The topological polar surface area (TPSA) is 91.3 Å². The number of aryl methyl sites for hydroxylation is 2. The Labute approximate surface area is 156 Å². The van der Waals surface area contributed by atoms with Gasteiger partial charge in [-0.25, -0.2) is 9.78 Å². The number of fused-ring (bicyclic) bond motifs is 1. The lowest BCUT2D eigenvalue weighted by Gasteiger charge is -2.19. The van der Waals surface area contributed by atoms with E-state index in [1.165, 1.54) is 0 Å². The second kappa shape index (κ2) is 7.53. The first-order valence-corrected chi connectivity index (χ1v) is 8.85. The molecule has 1 aliphatic rings. The fourth-order valence-corrected chi connectivity index (χ4v) is 3.06. The van der Waals surface area contributed by atoms with Gasteiger partial charge in [0.15, 0.2) is 17.2 Å². The van der Waals surface area contributed by atoms with Crippen LogP contribution < -0.4 is 9.47 Å². The number of carbonyl (C=O) groups is 1. The van der Waals surface area contributed by atoms with Crippen LogP contribution in [-0.2, 0) is 17.7 Å². The molecular formula is C19H20N4O4. The minimum Gasteiger partial charge on any atom is -0.486 e. The lowest BCUT2D eigenvalue weighted by atomic mass is 10.1. The minimum atomic E-state index is -0.426. The van der Waals surface area contributed by atoms with E-state index in [1.54, 1.807) is 25.6 Å². The molecule has 0 radical (unpaired) electrons. The van der Waals surface area contributed by atoms with Crippen LogP contribution in [0.15, 0.2) is 36.9 Å². The summed E-state index contributed by atoms with van der Waals surface area (Å²) in [7, 11) is 0. The van der Waals surface area contributed by atoms with Crippen LogP contribution in [0.2, 0.25) is 0 Å². The van der Waals surface area contributed by atoms with Crippen LogP contribution in [0.3, 0.4) is 0 Å². The summed E-state index contributed by atoms with van der Waals surface area (Å²) < 4.78 is 18.3. The van der Waals surface area contributed by atoms with Gasteiger partial charge in [-0.05, 0) is 31.0 Å². The summed E-state index contributed by atoms with van der Waals surface area (Å²) in [6.45, 7) is 3.92. The number of carbonyl (C=O) groups excluding carboxylic acids is 1. The molecule has 27 heavy (non-hydrogen) atoms. The van der Waals surface area contributed by atoms with E-state index in [-0.39, 0.29) is 0 Å². The summed E-state index contributed by atoms with van der Waals surface area (Å²) in [4.78, 5) is 16.3. The van der Waals surface area contributed by atoms with Gasteiger partial charge < -0.3 is 18.8 Å². The summed E-state index contributed by atoms with van der Waals surface area (Å²) >= 11 is 0. The SMILES string of the molecule is CCOC(=O)c1[nH]ncc1-c1cncn1CCc1ccc2c(c1)OCCO2. The predicted molar refractivity (Wildman–Crippen MR) is 96.9 cm³/mol. The Morgan fingerprint density at radius 1 is 1.26 bits per heavy atom. The largest absolute Gasteiger partial charge is 0.486 e. The van der Waals surface area contributed by atoms with Gasteiger partial charge in [0.05, 0.1) is 36.6 Å². The molecule has 1 aromatic carbocycles. The van der Waals surface area contributed by atoms with Gasteiger partial charge in [0.25, 0.3) is 0 Å². The number of hydrogen-bond donors (Lipinski definition) is 1. The van der Waals surface area contributed by atoms with E-state index < -0.39 is 5.97 Å². The first kappa shape index (κ1) is 17.1. The highest BCUT2D eigenvalue weighted by Crippen LogP contribution is 2.31. The maximum absolute atomic E-state index is 12.1. The Balaban J connectivity index is 1.52. The Morgan fingerprint density at radius 3 is 2.96 bits per heavy atom. The molecule has 4 rings (SSSR count). The second-order valence-corrected chi connectivity index (χ2v) is 6.08. The van der Waals surface area contributed by atoms with Crippen LogP contribution in [0.5, 0.6) is 11.5 Å². The lowest BCUT2D eigenvalue weighted by molar-refractivity contribution is 0.0520. The van der Waals surface area contributed by atoms with Gasteiger partial charge in [0, 0.05) is 6.54 Å². The standard InChI is InChI=1S/C19H20N4O4/c1-2-25-19(24)18-14(10-21-22-18)15-11-20-12-23(15)6-5-13-3-4-16-17(9-13)27-8-7-26-16/h3-4,9-12H,2,5-8H2,1H3,(H,21,22). The van der Waals surface area contributed by atoms with E-state index in [9.17, 15) is 4.79 Å². The summed E-state index contributed by atoms with van der Waals surface area (Å²) in [5.74, 6) is 1.14. The molecule has 0 saturated carbocycles. The smallest absolute Gasteiger partial charge is 0.357 e. The molecule has 3 aromatic rings. The van der Waals surface area contributed by atoms with Gasteiger partial charge in [0.1, 0.15) is 13.2 Å². The zero-order valence-corrected chi connectivity index (χ0v) is 15.0. The second-order valence-electron chi connectivity index (χ2n) is 6.08. The molecule has 0 aliphatic carbocycles. The van der Waals surface area contributed by atoms with Gasteiger partial charge in [-0.2, -0.15) is 5.10 Å². The zero-order valence-electron chi connectivity index (χ0n) is 15.0. The number of aromatic nitrogens is 4. The quantitative estimate of drug-likeness (QED) is 0.672. The first-order valence-electron chi connectivity index (χ1n) is 8.85. The Hall–Kier alpha value is -3.29. The van der Waals surface area contributed by atoms with Crippen LogP contribution in [0.4, 0.5) is 0 Å². The maximum atomic E-state index is 12.1. The maximum Gasteiger partial charge on any atom is 0.357 e. The van der Waals surface area contributed by atoms with Gasteiger partial charge in [-0.3, -0.25) is 5.10 Å². The highest BCUT2D eigenvalue weighted by Gasteiger charge is 2.19. The summed E-state index contributed by atoms with van der Waals surface area (Å²) in [5, 5.41) is 6.71. The van der Waals surface area contributed by atoms with E-state index in [2.05, 4.69) is 15.2 Å². The third-order valence-corrected chi connectivity index (χ3v) is 4.36. The Bertz CT molecular complexity index is 947. The van der Waals surface area contributed by atoms with E-state index in [0.29, 0.717) is 37.6 Å². The van der Waals surface area contributed by atoms with Crippen molar-refractivity contribution in [2.75, 3.05) is 19.8 Å². The molecule has 3 heterocycles. The van der Waals surface area contributed by atoms with Crippen molar-refractivity contribution in [1.82, 2.24) is 19.7 Å². The van der Waals surface area contributed by atoms with Gasteiger partial charge in [-0.15, -0.1) is 0 Å². The van der Waals surface area contributed by atoms with E-state index in [4.69, 9.17) is 14.2 Å². The molecule has 0 amide bonds. The molecule has 0 saturated heterocycles. The van der Waals surface area contributed by atoms with Crippen LogP contribution in [0.1, 0.15) is 23.0 Å². The van der Waals surface area contributed by atoms with Crippen LogP contribution >= 0.6 is 0 Å². The normalized spacial score (nSPS) is 12.8. The number of hydrogen-bond acceptors (Lipinski definition) is 6. The van der Waals surface area contributed by atoms with E-state index in [0.717, 1.165) is 29.2 Å². The molecule has 0 bridgehead atoms. The fraction of sp³-hybridized carbons (Fsp3) is 0.316. The van der Waals surface area contributed by atoms with Crippen molar-refractivity contribution >= 4 is 5.97 Å². The van der Waals surface area contributed by atoms with Gasteiger partial charge >= 0.3 is 5.97 Å². The third-order valence-electron chi connectivity index (χ3n) is 4.36. The molecule has 140 valence electrons. The van der Waals surface area contributed by atoms with E-state index >= 15 is 0 Å². The van der Waals surface area contributed by atoms with Gasteiger partial charge in [-0.1, -0.05) is 6.07 Å². The first-order chi connectivity index (χ1) is 13.3. The van der Waals surface area contributed by atoms with Crippen LogP contribution in [-0.4, -0.2) is 45.5 Å². The molecule has 0 spiro atoms. The molecule has 0 fully saturated rings. The fourth-order valence-electron chi connectivity index (χ4n) is 3.06. The minimum absolute atomic E-state index is 0.306. The van der Waals surface area contributed by atoms with E-state index in [1.807, 2.05) is 22.8 Å². The zero-order chi connectivity index (χ0) is 18.6. The van der Waals surface area contributed by atoms with Crippen LogP contribution in [0.25, 0.3) is 11.3 Å².